The maximum atomic E-state index is 13.3. The molecule has 0 atom stereocenters. The van der Waals surface area contributed by atoms with Gasteiger partial charge in [0.2, 0.25) is 0 Å². The summed E-state index contributed by atoms with van der Waals surface area (Å²) < 4.78 is 26.5. The van der Waals surface area contributed by atoms with Crippen molar-refractivity contribution in [2.24, 2.45) is 0 Å². The van der Waals surface area contributed by atoms with Crippen LogP contribution in [-0.4, -0.2) is 19.9 Å². The SMILES string of the molecule is Fc1ccc(-c2nc(-c3cnccn3)[nH]c2-c2ccc(F)cc2)cc1. The fourth-order valence-corrected chi connectivity index (χ4v) is 2.56. The van der Waals surface area contributed by atoms with E-state index in [1.807, 2.05) is 0 Å². The van der Waals surface area contributed by atoms with Crippen molar-refractivity contribution in [2.75, 3.05) is 0 Å². The molecule has 4 rings (SSSR count). The molecular formula is C19H12F2N4. The van der Waals surface area contributed by atoms with Gasteiger partial charge in [0, 0.05) is 23.5 Å². The highest BCUT2D eigenvalue weighted by Crippen LogP contribution is 2.32. The standard InChI is InChI=1S/C19H12F2N4/c20-14-5-1-12(2-6-14)17-18(13-3-7-15(21)8-4-13)25-19(24-17)16-11-22-9-10-23-16/h1-11H,(H,24,25). The normalized spacial score (nSPS) is 10.8. The highest BCUT2D eigenvalue weighted by Gasteiger charge is 2.16. The smallest absolute Gasteiger partial charge is 0.158 e. The van der Waals surface area contributed by atoms with Crippen molar-refractivity contribution in [1.29, 1.82) is 0 Å². The second-order valence-electron chi connectivity index (χ2n) is 5.41. The number of imidazole rings is 1. The molecule has 1 N–H and O–H groups in total. The third-order valence-corrected chi connectivity index (χ3v) is 3.76. The van der Waals surface area contributed by atoms with Crippen LogP contribution in [0.3, 0.4) is 0 Å². The summed E-state index contributed by atoms with van der Waals surface area (Å²) in [6.45, 7) is 0. The van der Waals surface area contributed by atoms with Crippen LogP contribution in [0.2, 0.25) is 0 Å². The molecule has 0 radical (unpaired) electrons. The number of nitrogens with one attached hydrogen (secondary N) is 1. The Bertz CT molecular complexity index is 931. The van der Waals surface area contributed by atoms with Gasteiger partial charge in [-0.25, -0.2) is 18.7 Å². The van der Waals surface area contributed by atoms with E-state index in [-0.39, 0.29) is 11.6 Å². The van der Waals surface area contributed by atoms with Crippen LogP contribution >= 0.6 is 0 Å². The molecule has 6 heteroatoms. The molecule has 2 aromatic heterocycles. The molecular weight excluding hydrogens is 322 g/mol. The fraction of sp³-hybridized carbons (Fsp3) is 0. The van der Waals surface area contributed by atoms with Crippen LogP contribution in [-0.2, 0) is 0 Å². The molecule has 122 valence electrons. The van der Waals surface area contributed by atoms with E-state index in [9.17, 15) is 8.78 Å². The Balaban J connectivity index is 1.89. The van der Waals surface area contributed by atoms with E-state index in [1.54, 1.807) is 42.9 Å². The summed E-state index contributed by atoms with van der Waals surface area (Å²) >= 11 is 0. The third kappa shape index (κ3) is 3.01. The number of aromatic nitrogens is 4. The predicted molar refractivity (Wildman–Crippen MR) is 90.4 cm³/mol. The van der Waals surface area contributed by atoms with Crippen molar-refractivity contribution in [3.05, 3.63) is 78.8 Å². The third-order valence-electron chi connectivity index (χ3n) is 3.76. The number of hydrogen-bond acceptors (Lipinski definition) is 3. The Hall–Kier alpha value is -3.41. The number of H-pyrrole nitrogens is 1. The van der Waals surface area contributed by atoms with E-state index in [2.05, 4.69) is 19.9 Å². The Labute approximate surface area is 142 Å². The monoisotopic (exact) mass is 334 g/mol. The molecule has 0 fully saturated rings. The predicted octanol–water partition coefficient (Wildman–Crippen LogP) is 4.48. The quantitative estimate of drug-likeness (QED) is 0.601. The van der Waals surface area contributed by atoms with Crippen LogP contribution in [0.4, 0.5) is 8.78 Å². The molecule has 2 heterocycles. The molecule has 2 aromatic carbocycles. The van der Waals surface area contributed by atoms with E-state index in [0.717, 1.165) is 11.1 Å². The van der Waals surface area contributed by atoms with Gasteiger partial charge in [-0.05, 0) is 48.5 Å². The molecule has 0 saturated heterocycles. The van der Waals surface area contributed by atoms with Gasteiger partial charge in [0.05, 0.1) is 17.6 Å². The lowest BCUT2D eigenvalue weighted by Crippen LogP contribution is -1.86. The molecule has 0 spiro atoms. The first-order valence-corrected chi connectivity index (χ1v) is 7.59. The van der Waals surface area contributed by atoms with Crippen molar-refractivity contribution in [1.82, 2.24) is 19.9 Å². The first kappa shape index (κ1) is 15.1. The highest BCUT2D eigenvalue weighted by atomic mass is 19.1. The minimum atomic E-state index is -0.322. The maximum Gasteiger partial charge on any atom is 0.158 e. The average molecular weight is 334 g/mol. The van der Waals surface area contributed by atoms with Gasteiger partial charge in [-0.1, -0.05) is 0 Å². The minimum absolute atomic E-state index is 0.319. The summed E-state index contributed by atoms with van der Waals surface area (Å²) in [5.74, 6) is -0.107. The van der Waals surface area contributed by atoms with Gasteiger partial charge in [-0.15, -0.1) is 0 Å². The summed E-state index contributed by atoms with van der Waals surface area (Å²) in [5.41, 5.74) is 3.43. The summed E-state index contributed by atoms with van der Waals surface area (Å²) in [5, 5.41) is 0. The van der Waals surface area contributed by atoms with Crippen LogP contribution < -0.4 is 0 Å². The Morgan fingerprint density at radius 1 is 0.760 bits per heavy atom. The molecule has 0 saturated carbocycles. The molecule has 4 nitrogen and oxygen atoms in total. The van der Waals surface area contributed by atoms with Crippen molar-refractivity contribution < 1.29 is 8.78 Å². The van der Waals surface area contributed by atoms with E-state index in [4.69, 9.17) is 0 Å². The lowest BCUT2D eigenvalue weighted by molar-refractivity contribution is 0.627. The van der Waals surface area contributed by atoms with Crippen LogP contribution in [0.1, 0.15) is 0 Å². The number of aromatic amines is 1. The van der Waals surface area contributed by atoms with E-state index < -0.39 is 0 Å². The summed E-state index contributed by atoms with van der Waals surface area (Å²) in [6, 6.07) is 12.1. The molecule has 0 aliphatic carbocycles. The molecule has 0 aliphatic rings. The van der Waals surface area contributed by atoms with Crippen LogP contribution in [0.15, 0.2) is 67.1 Å². The molecule has 4 aromatic rings. The number of nitrogens with zero attached hydrogens (tertiary/aromatic N) is 3. The van der Waals surface area contributed by atoms with Crippen molar-refractivity contribution in [3.8, 4) is 34.0 Å². The molecule has 0 amide bonds. The lowest BCUT2D eigenvalue weighted by atomic mass is 10.1. The second kappa shape index (κ2) is 6.24. The van der Waals surface area contributed by atoms with Gasteiger partial charge in [0.25, 0.3) is 0 Å². The van der Waals surface area contributed by atoms with Gasteiger partial charge in [0.15, 0.2) is 5.82 Å². The zero-order valence-electron chi connectivity index (χ0n) is 12.9. The number of rotatable bonds is 3. The Morgan fingerprint density at radius 3 is 2.00 bits per heavy atom. The largest absolute Gasteiger partial charge is 0.336 e. The molecule has 25 heavy (non-hydrogen) atoms. The number of hydrogen-bond donors (Lipinski definition) is 1. The van der Waals surface area contributed by atoms with Crippen molar-refractivity contribution >= 4 is 0 Å². The molecule has 0 unspecified atom stereocenters. The van der Waals surface area contributed by atoms with E-state index in [1.165, 1.54) is 24.3 Å². The van der Waals surface area contributed by atoms with Gasteiger partial charge in [0.1, 0.15) is 17.3 Å². The van der Waals surface area contributed by atoms with Crippen molar-refractivity contribution in [3.63, 3.8) is 0 Å². The van der Waals surface area contributed by atoms with Crippen LogP contribution in [0.25, 0.3) is 34.0 Å². The van der Waals surface area contributed by atoms with E-state index >= 15 is 0 Å². The van der Waals surface area contributed by atoms with E-state index in [0.29, 0.717) is 22.9 Å². The summed E-state index contributed by atoms with van der Waals surface area (Å²) in [4.78, 5) is 16.1. The van der Waals surface area contributed by atoms with Gasteiger partial charge in [-0.2, -0.15) is 0 Å². The first-order chi connectivity index (χ1) is 12.2. The molecule has 0 aliphatic heterocycles. The topological polar surface area (TPSA) is 54.5 Å². The second-order valence-corrected chi connectivity index (χ2v) is 5.41. The first-order valence-electron chi connectivity index (χ1n) is 7.59. The zero-order valence-corrected chi connectivity index (χ0v) is 12.9. The van der Waals surface area contributed by atoms with Crippen molar-refractivity contribution in [2.45, 2.75) is 0 Å². The number of benzene rings is 2. The fourth-order valence-electron chi connectivity index (χ4n) is 2.56. The molecule has 0 bridgehead atoms. The maximum absolute atomic E-state index is 13.3. The highest BCUT2D eigenvalue weighted by molar-refractivity contribution is 5.80. The van der Waals surface area contributed by atoms with Gasteiger partial charge < -0.3 is 4.98 Å². The average Bonchev–Trinajstić information content (AvgIpc) is 3.09. The summed E-state index contributed by atoms with van der Waals surface area (Å²) in [7, 11) is 0. The van der Waals surface area contributed by atoms with Crippen LogP contribution in [0.5, 0.6) is 0 Å². The summed E-state index contributed by atoms with van der Waals surface area (Å²) in [6.07, 6.45) is 4.75. The Morgan fingerprint density at radius 2 is 1.40 bits per heavy atom. The number of halogens is 2. The lowest BCUT2D eigenvalue weighted by Gasteiger charge is -2.03. The van der Waals surface area contributed by atoms with Crippen LogP contribution in [0, 0.1) is 11.6 Å². The van der Waals surface area contributed by atoms with Gasteiger partial charge >= 0.3 is 0 Å². The van der Waals surface area contributed by atoms with Gasteiger partial charge in [-0.3, -0.25) is 4.98 Å². The zero-order chi connectivity index (χ0) is 17.2. The minimum Gasteiger partial charge on any atom is -0.336 e. The Kier molecular flexibility index (Phi) is 3.78.